The summed E-state index contributed by atoms with van der Waals surface area (Å²) in [4.78, 5) is 0. The van der Waals surface area contributed by atoms with Gasteiger partial charge < -0.3 is 10.2 Å². The van der Waals surface area contributed by atoms with Crippen LogP contribution in [0.4, 0.5) is 0 Å². The quantitative estimate of drug-likeness (QED) is 0.417. The molecule has 2 heteroatoms. The summed E-state index contributed by atoms with van der Waals surface area (Å²) in [5.74, 6) is 0.604. The smallest absolute Gasteiger partial charge is 0.123 e. The molecule has 4 aromatic carbocycles. The molecule has 0 aromatic heterocycles. The Morgan fingerprint density at radius 2 is 1.23 bits per heavy atom. The van der Waals surface area contributed by atoms with Gasteiger partial charge in [-0.15, -0.1) is 0 Å². The molecule has 0 saturated heterocycles. The second-order valence-electron chi connectivity index (χ2n) is 5.72. The van der Waals surface area contributed by atoms with E-state index in [1.165, 1.54) is 0 Å². The number of hydrogen-bond acceptors (Lipinski definition) is 2. The maximum absolute atomic E-state index is 10.1. The van der Waals surface area contributed by atoms with Crippen molar-refractivity contribution in [1.29, 1.82) is 0 Å². The van der Waals surface area contributed by atoms with Crippen LogP contribution in [0, 0.1) is 0 Å². The van der Waals surface area contributed by atoms with E-state index in [1.54, 1.807) is 12.1 Å². The van der Waals surface area contributed by atoms with Crippen molar-refractivity contribution in [1.82, 2.24) is 0 Å². The summed E-state index contributed by atoms with van der Waals surface area (Å²) < 4.78 is 0. The highest BCUT2D eigenvalue weighted by molar-refractivity contribution is 6.22. The van der Waals surface area contributed by atoms with Gasteiger partial charge in [-0.3, -0.25) is 0 Å². The first-order chi connectivity index (χ1) is 10.8. The number of phenolic OH excluding ortho intramolecular Hbond substituents is 2. The molecule has 104 valence electrons. The highest BCUT2D eigenvalue weighted by Crippen LogP contribution is 2.52. The maximum atomic E-state index is 10.1. The Hall–Kier alpha value is -3.00. The van der Waals surface area contributed by atoms with Crippen LogP contribution in [0.3, 0.4) is 0 Å². The van der Waals surface area contributed by atoms with E-state index in [0.717, 1.165) is 43.8 Å². The summed E-state index contributed by atoms with van der Waals surface area (Å²) >= 11 is 0. The van der Waals surface area contributed by atoms with E-state index in [1.807, 2.05) is 36.4 Å². The molecule has 0 heterocycles. The standard InChI is InChI=1S/C20H12O2/c21-17-6-2-3-12-11(17)7-8-13-14-9-10-18(22)15-4-1-5-16(19(12)13)20(14)15/h1-10,21-22H. The van der Waals surface area contributed by atoms with Gasteiger partial charge in [0.2, 0.25) is 0 Å². The molecule has 5 rings (SSSR count). The van der Waals surface area contributed by atoms with E-state index in [-0.39, 0.29) is 0 Å². The molecule has 0 saturated carbocycles. The van der Waals surface area contributed by atoms with E-state index in [9.17, 15) is 10.2 Å². The van der Waals surface area contributed by atoms with Gasteiger partial charge in [0.1, 0.15) is 11.5 Å². The van der Waals surface area contributed by atoms with Crippen LogP contribution in [0.1, 0.15) is 0 Å². The van der Waals surface area contributed by atoms with Gasteiger partial charge in [0, 0.05) is 16.2 Å². The first-order valence-electron chi connectivity index (χ1n) is 7.26. The van der Waals surface area contributed by atoms with Gasteiger partial charge in [-0.1, -0.05) is 48.5 Å². The molecule has 2 N–H and O–H groups in total. The lowest BCUT2D eigenvalue weighted by atomic mass is 9.96. The van der Waals surface area contributed by atoms with Gasteiger partial charge in [-0.25, -0.2) is 0 Å². The topological polar surface area (TPSA) is 40.5 Å². The van der Waals surface area contributed by atoms with Gasteiger partial charge in [-0.2, -0.15) is 0 Å². The molecule has 4 aromatic rings. The average Bonchev–Trinajstić information content (AvgIpc) is 2.87. The van der Waals surface area contributed by atoms with Crippen molar-refractivity contribution in [2.24, 2.45) is 0 Å². The fourth-order valence-corrected chi connectivity index (χ4v) is 3.68. The number of phenols is 2. The number of hydrogen-bond donors (Lipinski definition) is 2. The highest BCUT2D eigenvalue weighted by Gasteiger charge is 2.24. The third-order valence-corrected chi connectivity index (χ3v) is 4.62. The lowest BCUT2D eigenvalue weighted by Gasteiger charge is -2.08. The van der Waals surface area contributed by atoms with Crippen molar-refractivity contribution in [2.45, 2.75) is 0 Å². The zero-order valence-electron chi connectivity index (χ0n) is 11.7. The fourth-order valence-electron chi connectivity index (χ4n) is 3.68. The lowest BCUT2D eigenvalue weighted by Crippen LogP contribution is -1.81. The van der Waals surface area contributed by atoms with Crippen LogP contribution in [-0.2, 0) is 0 Å². The van der Waals surface area contributed by atoms with Crippen LogP contribution >= 0.6 is 0 Å². The number of benzene rings is 4. The fraction of sp³-hybridized carbons (Fsp3) is 0. The van der Waals surface area contributed by atoms with Crippen molar-refractivity contribution < 1.29 is 10.2 Å². The maximum Gasteiger partial charge on any atom is 0.123 e. The SMILES string of the molecule is Oc1cccc2c3c(ccc12)-c1ccc(O)c2cccc-3c12. The largest absolute Gasteiger partial charge is 0.507 e. The molecular weight excluding hydrogens is 272 g/mol. The molecule has 0 bridgehead atoms. The third-order valence-electron chi connectivity index (χ3n) is 4.62. The molecule has 0 radical (unpaired) electrons. The molecule has 1 aliphatic carbocycles. The molecular formula is C20H12O2. The summed E-state index contributed by atoms with van der Waals surface area (Å²) in [5.41, 5.74) is 4.56. The Labute approximate surface area is 126 Å². The Morgan fingerprint density at radius 3 is 2.14 bits per heavy atom. The van der Waals surface area contributed by atoms with Crippen LogP contribution in [0.2, 0.25) is 0 Å². The highest BCUT2D eigenvalue weighted by atomic mass is 16.3. The second kappa shape index (κ2) is 3.80. The van der Waals surface area contributed by atoms with Crippen LogP contribution in [0.25, 0.3) is 43.8 Å². The summed E-state index contributed by atoms with van der Waals surface area (Å²) in [6.07, 6.45) is 0. The van der Waals surface area contributed by atoms with E-state index >= 15 is 0 Å². The van der Waals surface area contributed by atoms with E-state index in [4.69, 9.17) is 0 Å². The first kappa shape index (κ1) is 11.6. The number of aromatic hydroxyl groups is 2. The van der Waals surface area contributed by atoms with Crippen molar-refractivity contribution in [2.75, 3.05) is 0 Å². The third kappa shape index (κ3) is 1.25. The Balaban J connectivity index is 2.06. The normalized spacial score (nSPS) is 12.0. The Morgan fingerprint density at radius 1 is 0.500 bits per heavy atom. The predicted molar refractivity (Wildman–Crippen MR) is 89.2 cm³/mol. The molecule has 0 amide bonds. The van der Waals surface area contributed by atoms with Gasteiger partial charge in [0.05, 0.1) is 0 Å². The minimum Gasteiger partial charge on any atom is -0.507 e. The van der Waals surface area contributed by atoms with E-state index in [0.29, 0.717) is 11.5 Å². The van der Waals surface area contributed by atoms with E-state index < -0.39 is 0 Å². The van der Waals surface area contributed by atoms with Crippen molar-refractivity contribution in [3.8, 4) is 33.8 Å². The minimum atomic E-state index is 0.297. The van der Waals surface area contributed by atoms with Gasteiger partial charge in [-0.05, 0) is 39.8 Å². The van der Waals surface area contributed by atoms with Gasteiger partial charge in [0.15, 0.2) is 0 Å². The van der Waals surface area contributed by atoms with E-state index in [2.05, 4.69) is 12.1 Å². The summed E-state index contributed by atoms with van der Waals surface area (Å²) in [6.45, 7) is 0. The monoisotopic (exact) mass is 284 g/mol. The molecule has 0 aliphatic heterocycles. The van der Waals surface area contributed by atoms with Crippen molar-refractivity contribution in [3.63, 3.8) is 0 Å². The predicted octanol–water partition coefficient (Wildman–Crippen LogP) is 5.05. The molecule has 0 atom stereocenters. The molecule has 0 fully saturated rings. The van der Waals surface area contributed by atoms with Crippen LogP contribution in [0.15, 0.2) is 60.7 Å². The average molecular weight is 284 g/mol. The summed E-state index contributed by atoms with van der Waals surface area (Å²) in [7, 11) is 0. The molecule has 0 spiro atoms. The molecule has 22 heavy (non-hydrogen) atoms. The molecule has 2 nitrogen and oxygen atoms in total. The summed E-state index contributed by atoms with van der Waals surface area (Å²) in [5, 5.41) is 24.1. The van der Waals surface area contributed by atoms with Crippen LogP contribution in [0.5, 0.6) is 11.5 Å². The van der Waals surface area contributed by atoms with Crippen LogP contribution < -0.4 is 0 Å². The summed E-state index contributed by atoms with van der Waals surface area (Å²) in [6, 6.07) is 19.4. The van der Waals surface area contributed by atoms with Gasteiger partial charge >= 0.3 is 0 Å². The molecule has 1 aliphatic rings. The molecule has 0 unspecified atom stereocenters. The first-order valence-corrected chi connectivity index (χ1v) is 7.26. The number of rotatable bonds is 0. The van der Waals surface area contributed by atoms with Crippen molar-refractivity contribution in [3.05, 3.63) is 60.7 Å². The zero-order valence-corrected chi connectivity index (χ0v) is 11.7. The Kier molecular flexibility index (Phi) is 2.01. The number of fused-ring (bicyclic) bond motifs is 5. The Bertz CT molecular complexity index is 1090. The minimum absolute atomic E-state index is 0.297. The van der Waals surface area contributed by atoms with Gasteiger partial charge in [0.25, 0.3) is 0 Å². The zero-order chi connectivity index (χ0) is 14.8. The lowest BCUT2D eigenvalue weighted by molar-refractivity contribution is 0.481. The van der Waals surface area contributed by atoms with Crippen molar-refractivity contribution >= 4 is 21.5 Å². The second-order valence-corrected chi connectivity index (χ2v) is 5.72. The van der Waals surface area contributed by atoms with Crippen LogP contribution in [-0.4, -0.2) is 10.2 Å².